The van der Waals surface area contributed by atoms with Crippen molar-refractivity contribution in [2.45, 2.75) is 19.4 Å². The molecule has 15 heavy (non-hydrogen) atoms. The van der Waals surface area contributed by atoms with Crippen molar-refractivity contribution in [1.29, 1.82) is 0 Å². The molecule has 4 nitrogen and oxygen atoms in total. The highest BCUT2D eigenvalue weighted by molar-refractivity contribution is 5.72. The third kappa shape index (κ3) is 4.37. The van der Waals surface area contributed by atoms with Crippen molar-refractivity contribution in [3.8, 4) is 0 Å². The molecule has 1 unspecified atom stereocenters. The second-order valence-corrected chi connectivity index (χ2v) is 3.18. The standard InChI is InChI=1S/C11H13NO3/c1-9(8-13)12-15-11(14)7-10-5-3-2-4-6-10/h2-6,8-9,12H,7H2,1H3. The predicted octanol–water partition coefficient (Wildman–Crippen LogP) is 0.864. The highest BCUT2D eigenvalue weighted by Crippen LogP contribution is 2.00. The minimum Gasteiger partial charge on any atom is -0.370 e. The van der Waals surface area contributed by atoms with Crippen LogP contribution < -0.4 is 5.48 Å². The van der Waals surface area contributed by atoms with E-state index in [1.165, 1.54) is 0 Å². The summed E-state index contributed by atoms with van der Waals surface area (Å²) in [7, 11) is 0. The van der Waals surface area contributed by atoms with E-state index in [9.17, 15) is 9.59 Å². The Balaban J connectivity index is 2.34. The molecule has 0 aliphatic rings. The van der Waals surface area contributed by atoms with E-state index in [1.807, 2.05) is 30.3 Å². The van der Waals surface area contributed by atoms with Gasteiger partial charge in [0.2, 0.25) is 0 Å². The van der Waals surface area contributed by atoms with Crippen molar-refractivity contribution in [1.82, 2.24) is 5.48 Å². The zero-order valence-electron chi connectivity index (χ0n) is 8.47. The molecule has 0 aromatic heterocycles. The van der Waals surface area contributed by atoms with Gasteiger partial charge in [-0.25, -0.2) is 0 Å². The summed E-state index contributed by atoms with van der Waals surface area (Å²) in [6, 6.07) is 8.77. The van der Waals surface area contributed by atoms with Crippen LogP contribution in [-0.4, -0.2) is 18.3 Å². The van der Waals surface area contributed by atoms with Gasteiger partial charge in [0.05, 0.1) is 12.5 Å². The summed E-state index contributed by atoms with van der Waals surface area (Å²) in [6.45, 7) is 1.60. The molecule has 1 aromatic rings. The van der Waals surface area contributed by atoms with Crippen LogP contribution in [0.5, 0.6) is 0 Å². The van der Waals surface area contributed by atoms with Crippen molar-refractivity contribution in [3.63, 3.8) is 0 Å². The van der Waals surface area contributed by atoms with Gasteiger partial charge in [0, 0.05) is 0 Å². The van der Waals surface area contributed by atoms with Gasteiger partial charge >= 0.3 is 5.97 Å². The van der Waals surface area contributed by atoms with Gasteiger partial charge in [0.15, 0.2) is 0 Å². The number of hydrogen-bond acceptors (Lipinski definition) is 4. The second kappa shape index (κ2) is 5.93. The highest BCUT2D eigenvalue weighted by atomic mass is 16.7. The highest BCUT2D eigenvalue weighted by Gasteiger charge is 2.06. The van der Waals surface area contributed by atoms with E-state index in [-0.39, 0.29) is 6.42 Å². The number of nitrogens with one attached hydrogen (secondary N) is 1. The summed E-state index contributed by atoms with van der Waals surface area (Å²) in [6.07, 6.45) is 0.856. The first-order chi connectivity index (χ1) is 7.22. The third-order valence-electron chi connectivity index (χ3n) is 1.75. The molecule has 1 aromatic carbocycles. The van der Waals surface area contributed by atoms with Gasteiger partial charge in [-0.3, -0.25) is 4.79 Å². The van der Waals surface area contributed by atoms with Gasteiger partial charge in [0.1, 0.15) is 6.29 Å². The number of hydrogen-bond donors (Lipinski definition) is 1. The topological polar surface area (TPSA) is 55.4 Å². The molecule has 0 radical (unpaired) electrons. The first kappa shape index (κ1) is 11.4. The largest absolute Gasteiger partial charge is 0.370 e. The lowest BCUT2D eigenvalue weighted by Gasteiger charge is -2.07. The molecule has 0 heterocycles. The second-order valence-electron chi connectivity index (χ2n) is 3.18. The van der Waals surface area contributed by atoms with Crippen LogP contribution in [0, 0.1) is 0 Å². The molecule has 1 N–H and O–H groups in total. The maximum absolute atomic E-state index is 11.2. The lowest BCUT2D eigenvalue weighted by atomic mass is 10.2. The van der Waals surface area contributed by atoms with Crippen LogP contribution in [-0.2, 0) is 20.8 Å². The van der Waals surface area contributed by atoms with E-state index in [4.69, 9.17) is 0 Å². The molecule has 1 rings (SSSR count). The number of hydroxylamine groups is 1. The van der Waals surface area contributed by atoms with E-state index in [0.717, 1.165) is 5.56 Å². The lowest BCUT2D eigenvalue weighted by molar-refractivity contribution is -0.152. The summed E-state index contributed by atoms with van der Waals surface area (Å²) in [5, 5.41) is 0. The Hall–Kier alpha value is -1.68. The van der Waals surface area contributed by atoms with Crippen molar-refractivity contribution < 1.29 is 14.4 Å². The zero-order valence-corrected chi connectivity index (χ0v) is 8.47. The first-order valence-electron chi connectivity index (χ1n) is 4.67. The molecule has 0 saturated carbocycles. The fraction of sp³-hybridized carbons (Fsp3) is 0.273. The number of carbonyl (C=O) groups is 2. The molecule has 0 amide bonds. The van der Waals surface area contributed by atoms with E-state index in [0.29, 0.717) is 6.29 Å². The summed E-state index contributed by atoms with van der Waals surface area (Å²) in [5.41, 5.74) is 3.21. The Bertz CT molecular complexity index is 324. The van der Waals surface area contributed by atoms with Crippen LogP contribution in [0.3, 0.4) is 0 Å². The monoisotopic (exact) mass is 207 g/mol. The predicted molar refractivity (Wildman–Crippen MR) is 54.9 cm³/mol. The van der Waals surface area contributed by atoms with E-state index in [1.54, 1.807) is 6.92 Å². The molecule has 1 atom stereocenters. The third-order valence-corrected chi connectivity index (χ3v) is 1.75. The molecule has 0 spiro atoms. The van der Waals surface area contributed by atoms with Crippen molar-refractivity contribution >= 4 is 12.3 Å². The Kier molecular flexibility index (Phi) is 4.50. The lowest BCUT2D eigenvalue weighted by Crippen LogP contribution is -2.30. The summed E-state index contributed by atoms with van der Waals surface area (Å²) in [4.78, 5) is 26.1. The number of benzene rings is 1. The van der Waals surface area contributed by atoms with E-state index >= 15 is 0 Å². The number of carbonyl (C=O) groups excluding carboxylic acids is 2. The number of aldehydes is 1. The Morgan fingerprint density at radius 2 is 2.13 bits per heavy atom. The van der Waals surface area contributed by atoms with Crippen molar-refractivity contribution in [2.24, 2.45) is 0 Å². The summed E-state index contributed by atoms with van der Waals surface area (Å²) in [5.74, 6) is -0.407. The van der Waals surface area contributed by atoms with Gasteiger partial charge in [-0.15, -0.1) is 5.48 Å². The normalized spacial score (nSPS) is 11.8. The molecule has 0 aliphatic heterocycles. The maximum Gasteiger partial charge on any atom is 0.329 e. The quantitative estimate of drug-likeness (QED) is 0.575. The minimum absolute atomic E-state index is 0.194. The molecule has 4 heteroatoms. The molecule has 0 aliphatic carbocycles. The molecular formula is C11H13NO3. The van der Waals surface area contributed by atoms with Crippen LogP contribution in [0.25, 0.3) is 0 Å². The van der Waals surface area contributed by atoms with Crippen LogP contribution >= 0.6 is 0 Å². The molecule has 0 fully saturated rings. The van der Waals surface area contributed by atoms with Crippen LogP contribution in [0.4, 0.5) is 0 Å². The van der Waals surface area contributed by atoms with Gasteiger partial charge in [-0.05, 0) is 12.5 Å². The molecule has 0 saturated heterocycles. The fourth-order valence-electron chi connectivity index (χ4n) is 0.985. The Morgan fingerprint density at radius 3 is 2.73 bits per heavy atom. The Labute approximate surface area is 88.2 Å². The molecule has 0 bridgehead atoms. The summed E-state index contributed by atoms with van der Waals surface area (Å²) < 4.78 is 0. The van der Waals surface area contributed by atoms with Crippen LogP contribution in [0.1, 0.15) is 12.5 Å². The molecular weight excluding hydrogens is 194 g/mol. The van der Waals surface area contributed by atoms with E-state index < -0.39 is 12.0 Å². The van der Waals surface area contributed by atoms with E-state index in [2.05, 4.69) is 10.3 Å². The van der Waals surface area contributed by atoms with Gasteiger partial charge in [-0.1, -0.05) is 30.3 Å². The van der Waals surface area contributed by atoms with Crippen molar-refractivity contribution in [3.05, 3.63) is 35.9 Å². The first-order valence-corrected chi connectivity index (χ1v) is 4.67. The SMILES string of the molecule is CC(C=O)NOC(=O)Cc1ccccc1. The number of rotatable bonds is 5. The van der Waals surface area contributed by atoms with Crippen LogP contribution in [0.15, 0.2) is 30.3 Å². The average molecular weight is 207 g/mol. The average Bonchev–Trinajstić information content (AvgIpc) is 2.27. The minimum atomic E-state index is -0.482. The molecule has 80 valence electrons. The van der Waals surface area contributed by atoms with Gasteiger partial charge in [-0.2, -0.15) is 0 Å². The van der Waals surface area contributed by atoms with Crippen molar-refractivity contribution in [2.75, 3.05) is 0 Å². The zero-order chi connectivity index (χ0) is 11.1. The fourth-order valence-corrected chi connectivity index (χ4v) is 0.985. The Morgan fingerprint density at radius 1 is 1.47 bits per heavy atom. The van der Waals surface area contributed by atoms with Gasteiger partial charge in [0.25, 0.3) is 0 Å². The van der Waals surface area contributed by atoms with Crippen LogP contribution in [0.2, 0.25) is 0 Å². The summed E-state index contributed by atoms with van der Waals surface area (Å²) >= 11 is 0. The maximum atomic E-state index is 11.2. The van der Waals surface area contributed by atoms with Gasteiger partial charge < -0.3 is 9.63 Å². The smallest absolute Gasteiger partial charge is 0.329 e.